The first-order valence-electron chi connectivity index (χ1n) is 9.71. The molecule has 11 heteroatoms. The van der Waals surface area contributed by atoms with Crippen LogP contribution in [0.2, 0.25) is 0 Å². The highest BCUT2D eigenvalue weighted by Crippen LogP contribution is 2.29. The Labute approximate surface area is 178 Å². The average molecular weight is 435 g/mol. The van der Waals surface area contributed by atoms with E-state index in [0.29, 0.717) is 23.3 Å². The van der Waals surface area contributed by atoms with Crippen LogP contribution in [0.4, 0.5) is 0 Å². The number of fused-ring (bicyclic) bond motifs is 1. The van der Waals surface area contributed by atoms with E-state index in [1.807, 2.05) is 36.6 Å². The highest BCUT2D eigenvalue weighted by molar-refractivity contribution is 8.13. The molecule has 6 N–H and O–H groups in total. The fourth-order valence-corrected chi connectivity index (χ4v) is 4.16. The maximum Gasteiger partial charge on any atom is 0.212 e. The van der Waals surface area contributed by atoms with E-state index < -0.39 is 36.9 Å². The smallest absolute Gasteiger partial charge is 0.212 e. The zero-order valence-electron chi connectivity index (χ0n) is 16.5. The zero-order chi connectivity index (χ0) is 21.3. The van der Waals surface area contributed by atoms with Gasteiger partial charge in [0.15, 0.2) is 17.2 Å². The minimum atomic E-state index is -1.27. The lowest BCUT2D eigenvalue weighted by atomic mass is 10.1. The Kier molecular flexibility index (Phi) is 6.21. The van der Waals surface area contributed by atoms with Gasteiger partial charge in [-0.15, -0.1) is 0 Å². The zero-order valence-corrected chi connectivity index (χ0v) is 17.4. The Hall–Kier alpha value is -1.86. The standard InChI is InChI=1S/C19H26N6O4S/c1-30-18-23-16-15(19(20,24-18)22-8-7-11-5-3-2-4-6-11)21-10-25(16)17-14(28)13(27)12(9-26)29-17/h2-6,12-14,17,22,26-28H,7-10,20H2,1H3/t12-,13-,14-,17-,19?/m1/s1. The SMILES string of the molecule is CSC1=NC(N)(NCCc2ccccc2)C2=NCN([C@@H]3O[C@H](CO)[C@@H](O)[C@H]3O)C2=N1. The molecule has 1 fully saturated rings. The number of aliphatic imine (C=N–C) groups is 3. The fraction of sp³-hybridized carbons (Fsp3) is 0.526. The molecule has 0 bridgehead atoms. The summed E-state index contributed by atoms with van der Waals surface area (Å²) in [7, 11) is 0. The van der Waals surface area contributed by atoms with Crippen LogP contribution in [0, 0.1) is 0 Å². The summed E-state index contributed by atoms with van der Waals surface area (Å²) in [6.45, 7) is 0.325. The first-order valence-corrected chi connectivity index (χ1v) is 10.9. The fourth-order valence-electron chi connectivity index (χ4n) is 3.74. The summed E-state index contributed by atoms with van der Waals surface area (Å²) in [6, 6.07) is 10.0. The molecule has 30 heavy (non-hydrogen) atoms. The van der Waals surface area contributed by atoms with Crippen molar-refractivity contribution in [2.45, 2.75) is 36.7 Å². The van der Waals surface area contributed by atoms with Crippen LogP contribution in [0.5, 0.6) is 0 Å². The Morgan fingerprint density at radius 1 is 1.30 bits per heavy atom. The van der Waals surface area contributed by atoms with Gasteiger partial charge in [-0.25, -0.2) is 9.98 Å². The van der Waals surface area contributed by atoms with Gasteiger partial charge < -0.3 is 25.0 Å². The molecule has 1 unspecified atom stereocenters. The molecule has 1 aromatic rings. The molecule has 10 nitrogen and oxygen atoms in total. The molecule has 0 aliphatic carbocycles. The van der Waals surface area contributed by atoms with Crippen LogP contribution in [-0.2, 0) is 11.2 Å². The van der Waals surface area contributed by atoms with Crippen molar-refractivity contribution in [3.05, 3.63) is 35.9 Å². The number of hydrogen-bond donors (Lipinski definition) is 5. The van der Waals surface area contributed by atoms with Crippen LogP contribution in [0.3, 0.4) is 0 Å². The molecule has 0 radical (unpaired) electrons. The molecule has 3 aliphatic rings. The summed E-state index contributed by atoms with van der Waals surface area (Å²) in [6.07, 6.45) is -1.57. The molecule has 5 atom stereocenters. The maximum atomic E-state index is 10.4. The lowest BCUT2D eigenvalue weighted by Gasteiger charge is -2.34. The minimum absolute atomic E-state index is 0.150. The molecule has 4 rings (SSSR count). The third-order valence-corrected chi connectivity index (χ3v) is 5.91. The Morgan fingerprint density at radius 2 is 2.07 bits per heavy atom. The molecular weight excluding hydrogens is 408 g/mol. The van der Waals surface area contributed by atoms with Gasteiger partial charge in [0, 0.05) is 6.54 Å². The second kappa shape index (κ2) is 8.71. The van der Waals surface area contributed by atoms with Crippen LogP contribution >= 0.6 is 11.8 Å². The summed E-state index contributed by atoms with van der Waals surface area (Å²) in [5.74, 6) is -0.823. The Morgan fingerprint density at radius 3 is 2.73 bits per heavy atom. The number of nitrogens with one attached hydrogen (secondary N) is 1. The van der Waals surface area contributed by atoms with E-state index >= 15 is 0 Å². The Bertz CT molecular complexity index is 866. The largest absolute Gasteiger partial charge is 0.394 e. The van der Waals surface area contributed by atoms with Gasteiger partial charge in [0.05, 0.1) is 6.61 Å². The van der Waals surface area contributed by atoms with Gasteiger partial charge in [-0.1, -0.05) is 42.1 Å². The van der Waals surface area contributed by atoms with Crippen molar-refractivity contribution in [2.24, 2.45) is 20.7 Å². The molecule has 1 aromatic carbocycles. The van der Waals surface area contributed by atoms with Gasteiger partial charge in [0.25, 0.3) is 0 Å². The summed E-state index contributed by atoms with van der Waals surface area (Å²) in [4.78, 5) is 15.2. The van der Waals surface area contributed by atoms with Crippen LogP contribution in [-0.4, -0.2) is 93.3 Å². The third kappa shape index (κ3) is 3.89. The number of aliphatic hydroxyl groups is 3. The van der Waals surface area contributed by atoms with E-state index in [-0.39, 0.29) is 6.67 Å². The highest BCUT2D eigenvalue weighted by atomic mass is 32.2. The van der Waals surface area contributed by atoms with E-state index in [9.17, 15) is 15.3 Å². The number of amidine groups is 2. The van der Waals surface area contributed by atoms with Gasteiger partial charge in [-0.05, 0) is 18.2 Å². The van der Waals surface area contributed by atoms with Gasteiger partial charge >= 0.3 is 0 Å². The van der Waals surface area contributed by atoms with Crippen LogP contribution in [0.1, 0.15) is 5.56 Å². The predicted molar refractivity (Wildman–Crippen MR) is 115 cm³/mol. The van der Waals surface area contributed by atoms with Gasteiger partial charge in [0.1, 0.15) is 30.7 Å². The number of nitrogens with two attached hydrogens (primary N) is 1. The van der Waals surface area contributed by atoms with Crippen molar-refractivity contribution >= 4 is 28.5 Å². The lowest BCUT2D eigenvalue weighted by molar-refractivity contribution is -0.0688. The maximum absolute atomic E-state index is 10.4. The van der Waals surface area contributed by atoms with Crippen molar-refractivity contribution in [2.75, 3.05) is 26.1 Å². The van der Waals surface area contributed by atoms with E-state index in [0.717, 1.165) is 6.42 Å². The summed E-state index contributed by atoms with van der Waals surface area (Å²) < 4.78 is 5.66. The highest BCUT2D eigenvalue weighted by Gasteiger charge is 2.51. The topological polar surface area (TPSA) is 148 Å². The van der Waals surface area contributed by atoms with Crippen LogP contribution in [0.25, 0.3) is 0 Å². The number of rotatable bonds is 6. The van der Waals surface area contributed by atoms with Crippen LogP contribution < -0.4 is 11.1 Å². The van der Waals surface area contributed by atoms with Crippen LogP contribution in [0.15, 0.2) is 45.3 Å². The number of thioether (sulfide) groups is 1. The number of aliphatic hydroxyl groups excluding tert-OH is 3. The summed E-state index contributed by atoms with van der Waals surface area (Å²) >= 11 is 1.35. The van der Waals surface area contributed by atoms with Crippen molar-refractivity contribution in [3.63, 3.8) is 0 Å². The van der Waals surface area contributed by atoms with Gasteiger partial charge in [0.2, 0.25) is 5.79 Å². The number of benzene rings is 1. The molecule has 162 valence electrons. The van der Waals surface area contributed by atoms with Crippen molar-refractivity contribution in [1.82, 2.24) is 10.2 Å². The summed E-state index contributed by atoms with van der Waals surface area (Å²) in [5, 5.41) is 33.6. The first-order chi connectivity index (χ1) is 14.5. The molecular formula is C19H26N6O4S. The van der Waals surface area contributed by atoms with E-state index in [4.69, 9.17) is 10.5 Å². The van der Waals surface area contributed by atoms with E-state index in [2.05, 4.69) is 20.3 Å². The molecule has 0 aromatic heterocycles. The van der Waals surface area contributed by atoms with Gasteiger partial charge in [-0.2, -0.15) is 0 Å². The number of ether oxygens (including phenoxy) is 1. The lowest BCUT2D eigenvalue weighted by Crippen LogP contribution is -2.64. The molecule has 0 spiro atoms. The average Bonchev–Trinajstić information content (AvgIpc) is 3.30. The second-order valence-corrected chi connectivity index (χ2v) is 8.08. The first kappa shape index (κ1) is 21.4. The molecule has 3 aliphatic heterocycles. The summed E-state index contributed by atoms with van der Waals surface area (Å²) in [5.41, 5.74) is 8.23. The normalized spacial score (nSPS) is 33.2. The predicted octanol–water partition coefficient (Wildman–Crippen LogP) is -1.28. The molecule has 3 heterocycles. The third-order valence-electron chi connectivity index (χ3n) is 5.36. The van der Waals surface area contributed by atoms with E-state index in [1.165, 1.54) is 17.3 Å². The minimum Gasteiger partial charge on any atom is -0.394 e. The monoisotopic (exact) mass is 434 g/mol. The molecule has 0 amide bonds. The van der Waals surface area contributed by atoms with E-state index in [1.54, 1.807) is 4.90 Å². The molecule has 1 saturated heterocycles. The molecule has 0 saturated carbocycles. The second-order valence-electron chi connectivity index (χ2n) is 7.31. The quantitative estimate of drug-likeness (QED) is 0.348. The van der Waals surface area contributed by atoms with Gasteiger partial charge in [-0.3, -0.25) is 16.0 Å². The Balaban J connectivity index is 1.52. The number of nitrogens with zero attached hydrogens (tertiary/aromatic N) is 4. The number of hydrogen-bond acceptors (Lipinski definition) is 11. The van der Waals surface area contributed by atoms with Crippen molar-refractivity contribution in [3.8, 4) is 0 Å². The van der Waals surface area contributed by atoms with Crippen molar-refractivity contribution < 1.29 is 20.1 Å². The van der Waals surface area contributed by atoms with Crippen molar-refractivity contribution in [1.29, 1.82) is 0 Å².